The van der Waals surface area contributed by atoms with Crippen LogP contribution in [0, 0.1) is 5.41 Å². The second-order valence-corrected chi connectivity index (χ2v) is 6.49. The van der Waals surface area contributed by atoms with E-state index in [-0.39, 0.29) is 11.9 Å². The number of benzene rings is 1. The molecule has 0 aromatic heterocycles. The van der Waals surface area contributed by atoms with Gasteiger partial charge >= 0.3 is 0 Å². The molecule has 0 aliphatic carbocycles. The van der Waals surface area contributed by atoms with Gasteiger partial charge in [0.2, 0.25) is 0 Å². The predicted molar refractivity (Wildman–Crippen MR) is 81.4 cm³/mol. The molecule has 0 atom stereocenters. The zero-order valence-electron chi connectivity index (χ0n) is 12.8. The zero-order chi connectivity index (χ0) is 15.6. The van der Waals surface area contributed by atoms with Crippen molar-refractivity contribution >= 4 is 23.2 Å². The fourth-order valence-corrected chi connectivity index (χ4v) is 2.11. The molecule has 0 bridgehead atoms. The molecule has 2 rings (SSSR count). The lowest BCUT2D eigenvalue weighted by molar-refractivity contribution is -0.165. The summed E-state index contributed by atoms with van der Waals surface area (Å²) in [5.41, 5.74) is 1.05. The maximum Gasteiger partial charge on any atom is 0.254 e. The van der Waals surface area contributed by atoms with Crippen molar-refractivity contribution in [1.82, 2.24) is 5.06 Å². The van der Waals surface area contributed by atoms with Crippen LogP contribution >= 0.6 is 11.6 Å². The second kappa shape index (κ2) is 6.12. The van der Waals surface area contributed by atoms with Crippen molar-refractivity contribution in [3.05, 3.63) is 28.8 Å². The number of carbonyl (C=O) groups is 1. The lowest BCUT2D eigenvalue weighted by atomic mass is 9.95. The van der Waals surface area contributed by atoms with Gasteiger partial charge in [-0.05, 0) is 45.4 Å². The molecule has 5 nitrogen and oxygen atoms in total. The maximum atomic E-state index is 12.1. The van der Waals surface area contributed by atoms with Gasteiger partial charge in [0.1, 0.15) is 0 Å². The average Bonchev–Trinajstić information content (AvgIpc) is 2.66. The topological polar surface area (TPSA) is 54.3 Å². The number of carbonyl (C=O) groups excluding carboxylic acids is 1. The van der Waals surface area contributed by atoms with Gasteiger partial charge in [0, 0.05) is 5.02 Å². The summed E-state index contributed by atoms with van der Waals surface area (Å²) in [6.45, 7) is 8.38. The van der Waals surface area contributed by atoms with Gasteiger partial charge in [-0.25, -0.2) is 5.06 Å². The normalized spacial score (nSPS) is 18.2. The molecule has 1 fully saturated rings. The van der Waals surface area contributed by atoms with Crippen molar-refractivity contribution in [1.29, 1.82) is 0 Å². The van der Waals surface area contributed by atoms with Gasteiger partial charge in [0.15, 0.2) is 0 Å². The van der Waals surface area contributed by atoms with Crippen LogP contribution in [0.25, 0.3) is 0 Å². The molecule has 1 aromatic rings. The number of amides is 1. The van der Waals surface area contributed by atoms with Gasteiger partial charge in [-0.3, -0.25) is 9.63 Å². The van der Waals surface area contributed by atoms with Crippen LogP contribution in [0.1, 0.15) is 33.3 Å². The van der Waals surface area contributed by atoms with Crippen molar-refractivity contribution in [2.24, 2.45) is 15.6 Å². The van der Waals surface area contributed by atoms with E-state index in [0.717, 1.165) is 5.56 Å². The third kappa shape index (κ3) is 3.80. The van der Waals surface area contributed by atoms with E-state index in [9.17, 15) is 4.79 Å². The Kier molecular flexibility index (Phi) is 4.64. The average molecular weight is 310 g/mol. The van der Waals surface area contributed by atoms with Crippen molar-refractivity contribution in [3.63, 3.8) is 0 Å². The van der Waals surface area contributed by atoms with E-state index in [2.05, 4.69) is 10.2 Å². The summed E-state index contributed by atoms with van der Waals surface area (Å²) in [5, 5.41) is 10.1. The van der Waals surface area contributed by atoms with Gasteiger partial charge < -0.3 is 0 Å². The van der Waals surface area contributed by atoms with E-state index in [1.165, 1.54) is 5.06 Å². The Morgan fingerprint density at radius 3 is 2.67 bits per heavy atom. The highest BCUT2D eigenvalue weighted by Crippen LogP contribution is 2.30. The molecule has 1 amide bonds. The van der Waals surface area contributed by atoms with Crippen LogP contribution in [0.5, 0.6) is 0 Å². The van der Waals surface area contributed by atoms with Crippen LogP contribution in [-0.2, 0) is 16.2 Å². The minimum atomic E-state index is -0.474. The molecule has 21 heavy (non-hydrogen) atoms. The first-order valence-electron chi connectivity index (χ1n) is 6.94. The monoisotopic (exact) mass is 309 g/mol. The van der Waals surface area contributed by atoms with Gasteiger partial charge in [-0.1, -0.05) is 17.7 Å². The van der Waals surface area contributed by atoms with Crippen LogP contribution in [0.2, 0.25) is 5.02 Å². The highest BCUT2D eigenvalue weighted by Gasteiger charge is 2.40. The summed E-state index contributed by atoms with van der Waals surface area (Å²) in [6, 6.07) is 5.56. The van der Waals surface area contributed by atoms with E-state index < -0.39 is 5.41 Å². The van der Waals surface area contributed by atoms with E-state index in [4.69, 9.17) is 16.4 Å². The number of rotatable bonds is 4. The second-order valence-electron chi connectivity index (χ2n) is 6.08. The van der Waals surface area contributed by atoms with E-state index >= 15 is 0 Å². The molecule has 1 aliphatic rings. The molecular weight excluding hydrogens is 290 g/mol. The van der Waals surface area contributed by atoms with Gasteiger partial charge in [-0.2, -0.15) is 10.2 Å². The summed E-state index contributed by atoms with van der Waals surface area (Å²) < 4.78 is 0. The minimum Gasteiger partial charge on any atom is -0.272 e. The number of azo groups is 1. The predicted octanol–water partition coefficient (Wildman–Crippen LogP) is 4.13. The Labute approximate surface area is 129 Å². The minimum absolute atomic E-state index is 0.0258. The van der Waals surface area contributed by atoms with E-state index in [1.54, 1.807) is 6.07 Å². The summed E-state index contributed by atoms with van der Waals surface area (Å²) in [5.74, 6) is -0.0258. The van der Waals surface area contributed by atoms with E-state index in [1.807, 2.05) is 39.8 Å². The molecule has 1 heterocycles. The SMILES string of the molecule is CC(C)N=Nc1ccc(CN2OCC(C)(C)C2=O)c(Cl)c1. The molecule has 0 N–H and O–H groups in total. The third-order valence-corrected chi connectivity index (χ3v) is 3.49. The molecule has 6 heteroatoms. The lowest BCUT2D eigenvalue weighted by Crippen LogP contribution is -2.30. The summed E-state index contributed by atoms with van der Waals surface area (Å²) in [6.07, 6.45) is 0. The summed E-state index contributed by atoms with van der Waals surface area (Å²) in [4.78, 5) is 17.5. The largest absolute Gasteiger partial charge is 0.272 e. The standard InChI is InChI=1S/C15H20ClN3O2/c1-10(2)17-18-12-6-5-11(13(16)7-12)8-19-14(20)15(3,4)9-21-19/h5-7,10H,8-9H2,1-4H3. The number of hydrogen-bond donors (Lipinski definition) is 0. The molecule has 1 aromatic carbocycles. The third-order valence-electron chi connectivity index (χ3n) is 3.14. The van der Waals surface area contributed by atoms with Crippen molar-refractivity contribution in [2.45, 2.75) is 40.3 Å². The fourth-order valence-electron chi connectivity index (χ4n) is 1.88. The highest BCUT2D eigenvalue weighted by atomic mass is 35.5. The van der Waals surface area contributed by atoms with Gasteiger partial charge in [-0.15, -0.1) is 0 Å². The van der Waals surface area contributed by atoms with Gasteiger partial charge in [0.25, 0.3) is 5.91 Å². The highest BCUT2D eigenvalue weighted by molar-refractivity contribution is 6.31. The smallest absolute Gasteiger partial charge is 0.254 e. The molecule has 0 saturated carbocycles. The first kappa shape index (κ1) is 15.9. The molecule has 0 radical (unpaired) electrons. The summed E-state index contributed by atoms with van der Waals surface area (Å²) >= 11 is 6.25. The van der Waals surface area contributed by atoms with Gasteiger partial charge in [0.05, 0.1) is 30.3 Å². The van der Waals surface area contributed by atoms with E-state index in [0.29, 0.717) is 23.9 Å². The molecule has 114 valence electrons. The van der Waals surface area contributed by atoms with Crippen molar-refractivity contribution in [2.75, 3.05) is 6.61 Å². The molecular formula is C15H20ClN3O2. The number of halogens is 1. The van der Waals surface area contributed by atoms with Crippen LogP contribution in [-0.4, -0.2) is 23.6 Å². The number of hydroxylamine groups is 2. The van der Waals surface area contributed by atoms with Crippen LogP contribution in [0.15, 0.2) is 28.4 Å². The molecule has 1 saturated heterocycles. The Balaban J connectivity index is 2.10. The van der Waals surface area contributed by atoms with Crippen LogP contribution in [0.3, 0.4) is 0 Å². The number of hydrogen-bond acceptors (Lipinski definition) is 4. The van der Waals surface area contributed by atoms with Crippen LogP contribution in [0.4, 0.5) is 5.69 Å². The quantitative estimate of drug-likeness (QED) is 0.785. The first-order chi connectivity index (χ1) is 9.79. The zero-order valence-corrected chi connectivity index (χ0v) is 13.5. The molecule has 1 aliphatic heterocycles. The summed E-state index contributed by atoms with van der Waals surface area (Å²) in [7, 11) is 0. The number of nitrogens with zero attached hydrogens (tertiary/aromatic N) is 3. The Hall–Kier alpha value is -1.46. The Bertz CT molecular complexity index is 570. The molecule has 0 spiro atoms. The Morgan fingerprint density at radius 2 is 2.14 bits per heavy atom. The first-order valence-corrected chi connectivity index (χ1v) is 7.31. The van der Waals surface area contributed by atoms with Crippen molar-refractivity contribution < 1.29 is 9.63 Å². The lowest BCUT2D eigenvalue weighted by Gasteiger charge is -2.17. The van der Waals surface area contributed by atoms with Crippen molar-refractivity contribution in [3.8, 4) is 0 Å². The fraction of sp³-hybridized carbons (Fsp3) is 0.533. The molecule has 0 unspecified atom stereocenters. The Morgan fingerprint density at radius 1 is 1.43 bits per heavy atom. The maximum absolute atomic E-state index is 12.1. The van der Waals surface area contributed by atoms with Crippen LogP contribution < -0.4 is 0 Å².